The predicted octanol–water partition coefficient (Wildman–Crippen LogP) is 2.36. The van der Waals surface area contributed by atoms with Crippen LogP contribution in [0.5, 0.6) is 5.75 Å². The summed E-state index contributed by atoms with van der Waals surface area (Å²) in [5.74, 6) is 0.193. The first-order valence-corrected chi connectivity index (χ1v) is 5.57. The van der Waals surface area contributed by atoms with Gasteiger partial charge in [-0.15, -0.1) is 0 Å². The van der Waals surface area contributed by atoms with E-state index in [-0.39, 0.29) is 6.73 Å². The molecule has 0 atom stereocenters. The van der Waals surface area contributed by atoms with Crippen LogP contribution in [0.2, 0.25) is 5.02 Å². The van der Waals surface area contributed by atoms with Gasteiger partial charge in [-0.2, -0.15) is 5.10 Å². The van der Waals surface area contributed by atoms with Gasteiger partial charge in [0.05, 0.1) is 7.11 Å². The highest BCUT2D eigenvalue weighted by Gasteiger charge is 2.12. The van der Waals surface area contributed by atoms with Crippen molar-refractivity contribution in [3.8, 4) is 5.75 Å². The molecule has 0 spiro atoms. The number of carbonyl (C=O) groups is 1. The second-order valence-corrected chi connectivity index (χ2v) is 3.87. The molecular formula is C12H11ClN2O3. The summed E-state index contributed by atoms with van der Waals surface area (Å²) in [6.45, 7) is 0.124. The monoisotopic (exact) mass is 266 g/mol. The Morgan fingerprint density at radius 3 is 2.72 bits per heavy atom. The summed E-state index contributed by atoms with van der Waals surface area (Å²) in [5, 5.41) is 4.62. The molecule has 0 N–H and O–H groups in total. The molecule has 18 heavy (non-hydrogen) atoms. The van der Waals surface area contributed by atoms with E-state index in [1.165, 1.54) is 18.0 Å². The maximum absolute atomic E-state index is 11.4. The van der Waals surface area contributed by atoms with E-state index < -0.39 is 5.97 Å². The Labute approximate surface area is 109 Å². The fraction of sp³-hybridized carbons (Fsp3) is 0.167. The van der Waals surface area contributed by atoms with Gasteiger partial charge in [-0.3, -0.25) is 0 Å². The first kappa shape index (κ1) is 12.4. The predicted molar refractivity (Wildman–Crippen MR) is 65.6 cm³/mol. The number of hydrogen-bond acceptors (Lipinski definition) is 4. The van der Waals surface area contributed by atoms with E-state index in [0.717, 1.165) is 0 Å². The highest BCUT2D eigenvalue weighted by molar-refractivity contribution is 6.30. The average Bonchev–Trinajstić information content (AvgIpc) is 2.85. The van der Waals surface area contributed by atoms with Gasteiger partial charge in [0.25, 0.3) is 0 Å². The number of ether oxygens (including phenoxy) is 2. The number of halogens is 1. The summed E-state index contributed by atoms with van der Waals surface area (Å²) in [5.41, 5.74) is 0.339. The van der Waals surface area contributed by atoms with Gasteiger partial charge in [0, 0.05) is 11.2 Å². The van der Waals surface area contributed by atoms with Crippen LogP contribution in [0.15, 0.2) is 36.5 Å². The van der Waals surface area contributed by atoms with Gasteiger partial charge in [-0.25, -0.2) is 9.48 Å². The number of aromatic nitrogens is 2. The average molecular weight is 267 g/mol. The van der Waals surface area contributed by atoms with E-state index in [1.807, 2.05) is 0 Å². The first-order valence-electron chi connectivity index (χ1n) is 5.19. The molecule has 2 aromatic rings. The molecule has 1 heterocycles. The number of carbonyl (C=O) groups excluding carboxylic acids is 1. The number of esters is 1. The number of hydrogen-bond donors (Lipinski definition) is 0. The third kappa shape index (κ3) is 2.81. The lowest BCUT2D eigenvalue weighted by atomic mass is 10.3. The number of rotatable bonds is 4. The molecule has 5 nitrogen and oxygen atoms in total. The first-order chi connectivity index (χ1) is 8.70. The Kier molecular flexibility index (Phi) is 3.84. The molecule has 0 aliphatic rings. The summed E-state index contributed by atoms with van der Waals surface area (Å²) < 4.78 is 11.5. The molecule has 0 aliphatic carbocycles. The Morgan fingerprint density at radius 1 is 1.33 bits per heavy atom. The Hall–Kier alpha value is -2.01. The van der Waals surface area contributed by atoms with E-state index in [2.05, 4.69) is 9.84 Å². The van der Waals surface area contributed by atoms with Crippen molar-refractivity contribution >= 4 is 17.6 Å². The molecule has 6 heteroatoms. The minimum atomic E-state index is -0.452. The normalized spacial score (nSPS) is 10.1. The summed E-state index contributed by atoms with van der Waals surface area (Å²) in [7, 11) is 1.32. The maximum atomic E-state index is 11.4. The number of methoxy groups -OCH3 is 1. The highest BCUT2D eigenvalue weighted by atomic mass is 35.5. The summed E-state index contributed by atoms with van der Waals surface area (Å²) in [6.07, 6.45) is 1.51. The van der Waals surface area contributed by atoms with Crippen LogP contribution in [0.25, 0.3) is 0 Å². The topological polar surface area (TPSA) is 53.3 Å². The summed E-state index contributed by atoms with van der Waals surface area (Å²) in [4.78, 5) is 11.4. The molecule has 0 aliphatic heterocycles. The fourth-order valence-electron chi connectivity index (χ4n) is 1.38. The Morgan fingerprint density at radius 2 is 2.06 bits per heavy atom. The minimum Gasteiger partial charge on any atom is -0.471 e. The maximum Gasteiger partial charge on any atom is 0.356 e. The van der Waals surface area contributed by atoms with Crippen molar-refractivity contribution in [2.45, 2.75) is 6.73 Å². The summed E-state index contributed by atoms with van der Waals surface area (Å²) >= 11 is 5.76. The van der Waals surface area contributed by atoms with Crippen LogP contribution in [0, 0.1) is 0 Å². The zero-order valence-corrected chi connectivity index (χ0v) is 10.4. The molecule has 94 valence electrons. The molecule has 1 aromatic heterocycles. The van der Waals surface area contributed by atoms with Gasteiger partial charge < -0.3 is 9.47 Å². The van der Waals surface area contributed by atoms with Crippen molar-refractivity contribution in [1.82, 2.24) is 9.78 Å². The van der Waals surface area contributed by atoms with Crippen LogP contribution in [-0.4, -0.2) is 22.9 Å². The number of nitrogens with zero attached hydrogens (tertiary/aromatic N) is 2. The molecule has 0 radical (unpaired) electrons. The van der Waals surface area contributed by atoms with Crippen LogP contribution in [0.4, 0.5) is 0 Å². The lowest BCUT2D eigenvalue weighted by Gasteiger charge is -2.08. The van der Waals surface area contributed by atoms with Crippen LogP contribution in [0.3, 0.4) is 0 Å². The lowest BCUT2D eigenvalue weighted by molar-refractivity contribution is 0.0576. The minimum absolute atomic E-state index is 0.124. The van der Waals surface area contributed by atoms with Crippen LogP contribution in [0.1, 0.15) is 10.5 Å². The van der Waals surface area contributed by atoms with Crippen molar-refractivity contribution < 1.29 is 14.3 Å². The molecule has 2 rings (SSSR count). The van der Waals surface area contributed by atoms with Crippen LogP contribution in [-0.2, 0) is 11.5 Å². The molecule has 0 bridgehead atoms. The molecular weight excluding hydrogens is 256 g/mol. The zero-order valence-electron chi connectivity index (χ0n) is 9.67. The molecule has 0 unspecified atom stereocenters. The zero-order chi connectivity index (χ0) is 13.0. The number of benzene rings is 1. The smallest absolute Gasteiger partial charge is 0.356 e. The third-order valence-corrected chi connectivity index (χ3v) is 2.53. The van der Waals surface area contributed by atoms with Crippen molar-refractivity contribution in [1.29, 1.82) is 0 Å². The Balaban J connectivity index is 2.04. The van der Waals surface area contributed by atoms with E-state index in [4.69, 9.17) is 16.3 Å². The second-order valence-electron chi connectivity index (χ2n) is 3.43. The van der Waals surface area contributed by atoms with Gasteiger partial charge in [0.2, 0.25) is 0 Å². The molecule has 1 aromatic carbocycles. The van der Waals surface area contributed by atoms with Crippen molar-refractivity contribution in [3.63, 3.8) is 0 Å². The van der Waals surface area contributed by atoms with E-state index in [0.29, 0.717) is 16.5 Å². The SMILES string of the molecule is COC(=O)c1ccnn1COc1ccc(Cl)cc1. The van der Waals surface area contributed by atoms with Crippen molar-refractivity contribution in [2.24, 2.45) is 0 Å². The van der Waals surface area contributed by atoms with E-state index in [1.54, 1.807) is 30.3 Å². The van der Waals surface area contributed by atoms with Gasteiger partial charge in [-0.05, 0) is 30.3 Å². The van der Waals surface area contributed by atoms with Gasteiger partial charge >= 0.3 is 5.97 Å². The fourth-order valence-corrected chi connectivity index (χ4v) is 1.51. The van der Waals surface area contributed by atoms with E-state index >= 15 is 0 Å². The van der Waals surface area contributed by atoms with Crippen molar-refractivity contribution in [2.75, 3.05) is 7.11 Å². The second kappa shape index (κ2) is 5.55. The van der Waals surface area contributed by atoms with Crippen molar-refractivity contribution in [3.05, 3.63) is 47.2 Å². The van der Waals surface area contributed by atoms with Gasteiger partial charge in [0.15, 0.2) is 6.73 Å². The molecule has 0 saturated heterocycles. The van der Waals surface area contributed by atoms with Crippen LogP contribution < -0.4 is 4.74 Å². The van der Waals surface area contributed by atoms with Crippen LogP contribution >= 0.6 is 11.6 Å². The highest BCUT2D eigenvalue weighted by Crippen LogP contribution is 2.16. The Bertz CT molecular complexity index is 537. The largest absolute Gasteiger partial charge is 0.471 e. The molecule has 0 fully saturated rings. The lowest BCUT2D eigenvalue weighted by Crippen LogP contribution is -2.15. The standard InChI is InChI=1S/C12H11ClN2O3/c1-17-12(16)11-6-7-14-15(11)8-18-10-4-2-9(13)3-5-10/h2-7H,8H2,1H3. The van der Waals surface area contributed by atoms with E-state index in [9.17, 15) is 4.79 Å². The third-order valence-electron chi connectivity index (χ3n) is 2.28. The van der Waals surface area contributed by atoms with Gasteiger partial charge in [-0.1, -0.05) is 11.6 Å². The molecule has 0 amide bonds. The summed E-state index contributed by atoms with van der Waals surface area (Å²) in [6, 6.07) is 8.49. The molecule has 0 saturated carbocycles. The van der Waals surface area contributed by atoms with Gasteiger partial charge in [0.1, 0.15) is 11.4 Å². The quantitative estimate of drug-likeness (QED) is 0.797.